The monoisotopic (exact) mass is 252 g/mol. The summed E-state index contributed by atoms with van der Waals surface area (Å²) in [6.45, 7) is 2.09. The molecular weight excluding hydrogens is 244 g/mol. The van der Waals surface area contributed by atoms with Crippen LogP contribution in [0.4, 0.5) is 0 Å². The van der Waals surface area contributed by atoms with Crippen molar-refractivity contribution in [2.45, 2.75) is 13.3 Å². The molecule has 0 unspecified atom stereocenters. The average molecular weight is 253 g/mol. The number of nitrogens with zero attached hydrogens (tertiary/aromatic N) is 4. The summed E-state index contributed by atoms with van der Waals surface area (Å²) < 4.78 is 2.54. The summed E-state index contributed by atoms with van der Waals surface area (Å²) in [5, 5.41) is 4.16. The lowest BCUT2D eigenvalue weighted by Crippen LogP contribution is -2.00. The minimum atomic E-state index is 0.591. The van der Waals surface area contributed by atoms with Crippen molar-refractivity contribution in [3.63, 3.8) is 0 Å². The van der Waals surface area contributed by atoms with E-state index in [-0.39, 0.29) is 0 Å². The van der Waals surface area contributed by atoms with E-state index in [9.17, 15) is 0 Å². The molecule has 0 spiro atoms. The Morgan fingerprint density at radius 1 is 1.29 bits per heavy atom. The van der Waals surface area contributed by atoms with Crippen LogP contribution in [0.25, 0.3) is 5.95 Å². The fourth-order valence-electron chi connectivity index (χ4n) is 1.08. The van der Waals surface area contributed by atoms with E-state index in [2.05, 4.69) is 37.9 Å². The molecule has 72 valence electrons. The van der Waals surface area contributed by atoms with Gasteiger partial charge < -0.3 is 0 Å². The third kappa shape index (κ3) is 1.82. The first kappa shape index (κ1) is 9.33. The molecule has 2 heterocycles. The fraction of sp³-hybridized carbons (Fsp3) is 0.222. The van der Waals surface area contributed by atoms with Crippen LogP contribution in [0.3, 0.4) is 0 Å². The molecule has 5 heteroatoms. The number of hydrogen-bond donors (Lipinski definition) is 0. The second kappa shape index (κ2) is 3.88. The smallest absolute Gasteiger partial charge is 0.218 e. The van der Waals surface area contributed by atoms with E-state index >= 15 is 0 Å². The lowest BCUT2D eigenvalue weighted by molar-refractivity contribution is 0.805. The molecule has 2 aromatic heterocycles. The predicted octanol–water partition coefficient (Wildman–Crippen LogP) is 1.99. The number of hydrogen-bond acceptors (Lipinski definition) is 3. The van der Waals surface area contributed by atoms with E-state index in [0.717, 1.165) is 10.9 Å². The Morgan fingerprint density at radius 3 is 2.57 bits per heavy atom. The van der Waals surface area contributed by atoms with E-state index in [0.29, 0.717) is 5.95 Å². The van der Waals surface area contributed by atoms with Crippen LogP contribution >= 0.6 is 15.9 Å². The van der Waals surface area contributed by atoms with Gasteiger partial charge in [0, 0.05) is 18.6 Å². The highest BCUT2D eigenvalue weighted by Crippen LogP contribution is 2.07. The minimum absolute atomic E-state index is 0.591. The van der Waals surface area contributed by atoms with Gasteiger partial charge in [0.15, 0.2) is 0 Å². The average Bonchev–Trinajstić information content (AvgIpc) is 2.67. The summed E-state index contributed by atoms with van der Waals surface area (Å²) in [4.78, 5) is 8.28. The summed E-state index contributed by atoms with van der Waals surface area (Å²) in [5.74, 6) is 0.591. The Morgan fingerprint density at radius 2 is 2.00 bits per heavy atom. The topological polar surface area (TPSA) is 43.6 Å². The zero-order valence-corrected chi connectivity index (χ0v) is 9.27. The van der Waals surface area contributed by atoms with Crippen LogP contribution in [0, 0.1) is 0 Å². The van der Waals surface area contributed by atoms with Crippen molar-refractivity contribution in [2.24, 2.45) is 0 Å². The Labute approximate surface area is 90.1 Å². The molecule has 0 aliphatic heterocycles. The van der Waals surface area contributed by atoms with Crippen LogP contribution in [0.1, 0.15) is 12.5 Å². The van der Waals surface area contributed by atoms with Crippen molar-refractivity contribution in [1.82, 2.24) is 19.7 Å². The van der Waals surface area contributed by atoms with Crippen molar-refractivity contribution in [2.75, 3.05) is 0 Å². The van der Waals surface area contributed by atoms with Gasteiger partial charge in [0.25, 0.3) is 5.95 Å². The second-order valence-corrected chi connectivity index (χ2v) is 3.76. The van der Waals surface area contributed by atoms with Crippen molar-refractivity contribution in [3.8, 4) is 5.95 Å². The van der Waals surface area contributed by atoms with Gasteiger partial charge >= 0.3 is 0 Å². The van der Waals surface area contributed by atoms with Gasteiger partial charge in [-0.2, -0.15) is 5.10 Å². The van der Waals surface area contributed by atoms with Gasteiger partial charge in [-0.1, -0.05) is 6.92 Å². The third-order valence-electron chi connectivity index (χ3n) is 1.86. The van der Waals surface area contributed by atoms with Crippen molar-refractivity contribution < 1.29 is 0 Å². The number of rotatable bonds is 2. The highest BCUT2D eigenvalue weighted by molar-refractivity contribution is 9.10. The van der Waals surface area contributed by atoms with Crippen LogP contribution in [-0.2, 0) is 6.42 Å². The van der Waals surface area contributed by atoms with Crippen LogP contribution in [0.5, 0.6) is 0 Å². The number of aryl methyl sites for hydroxylation is 1. The molecule has 4 nitrogen and oxygen atoms in total. The van der Waals surface area contributed by atoms with Gasteiger partial charge in [-0.05, 0) is 27.9 Å². The summed E-state index contributed by atoms with van der Waals surface area (Å²) >= 11 is 3.28. The highest BCUT2D eigenvalue weighted by Gasteiger charge is 2.01. The van der Waals surface area contributed by atoms with Gasteiger partial charge in [-0.15, -0.1) is 0 Å². The Hall–Kier alpha value is -1.23. The van der Waals surface area contributed by atoms with E-state index in [1.165, 1.54) is 5.56 Å². The lowest BCUT2D eigenvalue weighted by atomic mass is 10.3. The van der Waals surface area contributed by atoms with Crippen LogP contribution in [0.2, 0.25) is 0 Å². The van der Waals surface area contributed by atoms with Gasteiger partial charge in [-0.25, -0.2) is 14.6 Å². The first-order chi connectivity index (χ1) is 6.79. The van der Waals surface area contributed by atoms with Crippen LogP contribution in [0.15, 0.2) is 29.3 Å². The standard InChI is InChI=1S/C9H9BrN4/c1-2-7-3-13-14(6-7)9-11-4-8(10)5-12-9/h3-6H,2H2,1H3. The molecule has 0 atom stereocenters. The molecule has 0 aliphatic rings. The predicted molar refractivity (Wildman–Crippen MR) is 56.2 cm³/mol. The summed E-state index contributed by atoms with van der Waals surface area (Å²) in [6, 6.07) is 0. The number of aromatic nitrogens is 4. The molecule has 2 aromatic rings. The van der Waals surface area contributed by atoms with E-state index in [1.54, 1.807) is 17.1 Å². The maximum Gasteiger partial charge on any atom is 0.250 e. The van der Waals surface area contributed by atoms with Crippen molar-refractivity contribution in [3.05, 3.63) is 34.8 Å². The quantitative estimate of drug-likeness (QED) is 0.821. The van der Waals surface area contributed by atoms with Gasteiger partial charge in [0.2, 0.25) is 0 Å². The van der Waals surface area contributed by atoms with Gasteiger partial charge in [0.05, 0.1) is 10.7 Å². The van der Waals surface area contributed by atoms with E-state index in [4.69, 9.17) is 0 Å². The van der Waals surface area contributed by atoms with Gasteiger partial charge in [-0.3, -0.25) is 0 Å². The molecule has 0 amide bonds. The SMILES string of the molecule is CCc1cnn(-c2ncc(Br)cn2)c1. The van der Waals surface area contributed by atoms with Crippen LogP contribution in [-0.4, -0.2) is 19.7 Å². The highest BCUT2D eigenvalue weighted by atomic mass is 79.9. The second-order valence-electron chi connectivity index (χ2n) is 2.85. The molecule has 0 saturated heterocycles. The summed E-state index contributed by atoms with van der Waals surface area (Å²) in [7, 11) is 0. The maximum absolute atomic E-state index is 4.16. The van der Waals surface area contributed by atoms with E-state index in [1.807, 2.05) is 12.4 Å². The molecule has 14 heavy (non-hydrogen) atoms. The molecule has 2 rings (SSSR count). The Bertz CT molecular complexity index is 421. The molecule has 0 aromatic carbocycles. The van der Waals surface area contributed by atoms with Crippen molar-refractivity contribution in [1.29, 1.82) is 0 Å². The lowest BCUT2D eigenvalue weighted by Gasteiger charge is -1.97. The zero-order valence-electron chi connectivity index (χ0n) is 7.68. The normalized spacial score (nSPS) is 10.4. The third-order valence-corrected chi connectivity index (χ3v) is 2.27. The summed E-state index contributed by atoms with van der Waals surface area (Å²) in [5.41, 5.74) is 1.18. The first-order valence-electron chi connectivity index (χ1n) is 4.31. The molecule has 0 bridgehead atoms. The van der Waals surface area contributed by atoms with Crippen LogP contribution < -0.4 is 0 Å². The molecule has 0 radical (unpaired) electrons. The zero-order chi connectivity index (χ0) is 9.97. The molecule has 0 aliphatic carbocycles. The fourth-order valence-corrected chi connectivity index (χ4v) is 1.28. The van der Waals surface area contributed by atoms with Crippen molar-refractivity contribution >= 4 is 15.9 Å². The maximum atomic E-state index is 4.16. The molecular formula is C9H9BrN4. The Kier molecular flexibility index (Phi) is 2.58. The molecule has 0 saturated carbocycles. The minimum Gasteiger partial charge on any atom is -0.218 e. The molecule has 0 fully saturated rings. The Balaban J connectivity index is 2.34. The first-order valence-corrected chi connectivity index (χ1v) is 5.10. The van der Waals surface area contributed by atoms with Gasteiger partial charge in [0.1, 0.15) is 0 Å². The largest absolute Gasteiger partial charge is 0.250 e. The molecule has 0 N–H and O–H groups in total. The van der Waals surface area contributed by atoms with E-state index < -0.39 is 0 Å². The summed E-state index contributed by atoms with van der Waals surface area (Å²) in [6.07, 6.45) is 8.14. The number of halogens is 1.